The van der Waals surface area contributed by atoms with Crippen molar-refractivity contribution in [3.63, 3.8) is 0 Å². The van der Waals surface area contributed by atoms with Crippen LogP contribution in [-0.4, -0.2) is 53.7 Å². The minimum absolute atomic E-state index is 0.0863. The van der Waals surface area contributed by atoms with Crippen molar-refractivity contribution in [2.45, 2.75) is 32.5 Å². The first-order valence-electron chi connectivity index (χ1n) is 12.5. The molecule has 3 aromatic rings. The number of pyridine rings is 1. The molecule has 0 bridgehead atoms. The molecule has 0 aliphatic heterocycles. The van der Waals surface area contributed by atoms with Crippen molar-refractivity contribution in [3.05, 3.63) is 77.1 Å². The predicted molar refractivity (Wildman–Crippen MR) is 151 cm³/mol. The fourth-order valence-corrected chi connectivity index (χ4v) is 3.54. The summed E-state index contributed by atoms with van der Waals surface area (Å²) < 4.78 is 50.2. The van der Waals surface area contributed by atoms with E-state index in [4.69, 9.17) is 21.1 Å². The van der Waals surface area contributed by atoms with Crippen molar-refractivity contribution < 1.29 is 37.0 Å². The second-order valence-electron chi connectivity index (χ2n) is 9.93. The monoisotopic (exact) mass is 607 g/mol. The molecular formula is C28H29ClF3N5O5. The molecule has 0 fully saturated rings. The van der Waals surface area contributed by atoms with Gasteiger partial charge in [-0.2, -0.15) is 13.2 Å². The van der Waals surface area contributed by atoms with Crippen LogP contribution in [0.3, 0.4) is 0 Å². The van der Waals surface area contributed by atoms with Crippen LogP contribution in [0.15, 0.2) is 60.8 Å². The summed E-state index contributed by atoms with van der Waals surface area (Å²) in [7, 11) is 1.56. The van der Waals surface area contributed by atoms with Crippen molar-refractivity contribution >= 4 is 41.0 Å². The number of aromatic nitrogens is 1. The lowest BCUT2D eigenvalue weighted by atomic mass is 10.2. The molecule has 0 radical (unpaired) electrons. The summed E-state index contributed by atoms with van der Waals surface area (Å²) >= 11 is 5.60. The summed E-state index contributed by atoms with van der Waals surface area (Å²) in [5.74, 6) is 0.236. The largest absolute Gasteiger partial charge is 0.457 e. The highest BCUT2D eigenvalue weighted by molar-refractivity contribution is 6.31. The van der Waals surface area contributed by atoms with Gasteiger partial charge in [0.2, 0.25) is 0 Å². The van der Waals surface area contributed by atoms with Gasteiger partial charge < -0.3 is 30.3 Å². The first-order valence-corrected chi connectivity index (χ1v) is 12.9. The van der Waals surface area contributed by atoms with Crippen LogP contribution in [-0.2, 0) is 10.9 Å². The fraction of sp³-hybridized carbons (Fsp3) is 0.286. The second kappa shape index (κ2) is 13.4. The van der Waals surface area contributed by atoms with Gasteiger partial charge in [0.25, 0.3) is 5.91 Å². The Morgan fingerprint density at radius 3 is 2.21 bits per heavy atom. The lowest BCUT2D eigenvalue weighted by Gasteiger charge is -2.24. The summed E-state index contributed by atoms with van der Waals surface area (Å²) in [5, 5.41) is 7.04. The molecular weight excluding hydrogens is 579 g/mol. The van der Waals surface area contributed by atoms with E-state index in [1.165, 1.54) is 35.4 Å². The molecule has 42 heavy (non-hydrogen) atoms. The summed E-state index contributed by atoms with van der Waals surface area (Å²) in [6.45, 7) is 5.68. The summed E-state index contributed by atoms with van der Waals surface area (Å²) in [6, 6.07) is 11.4. The van der Waals surface area contributed by atoms with E-state index in [0.29, 0.717) is 17.2 Å². The molecule has 14 heteroatoms. The van der Waals surface area contributed by atoms with E-state index < -0.39 is 40.4 Å². The number of carbonyl (C=O) groups excluding carboxylic acids is 3. The van der Waals surface area contributed by atoms with E-state index in [2.05, 4.69) is 20.9 Å². The van der Waals surface area contributed by atoms with Gasteiger partial charge in [0.05, 0.1) is 10.6 Å². The molecule has 0 unspecified atom stereocenters. The van der Waals surface area contributed by atoms with Crippen molar-refractivity contribution in [3.8, 4) is 11.5 Å². The second-order valence-corrected chi connectivity index (χ2v) is 10.3. The Morgan fingerprint density at radius 2 is 1.57 bits per heavy atom. The molecule has 0 spiro atoms. The van der Waals surface area contributed by atoms with Crippen LogP contribution < -0.4 is 20.7 Å². The minimum Gasteiger partial charge on any atom is -0.457 e. The van der Waals surface area contributed by atoms with Crippen LogP contribution in [0.25, 0.3) is 0 Å². The van der Waals surface area contributed by atoms with Gasteiger partial charge in [-0.05, 0) is 69.3 Å². The van der Waals surface area contributed by atoms with Gasteiger partial charge in [-0.1, -0.05) is 11.6 Å². The van der Waals surface area contributed by atoms with Gasteiger partial charge >= 0.3 is 18.3 Å². The van der Waals surface area contributed by atoms with Gasteiger partial charge in [0.1, 0.15) is 22.8 Å². The Bertz CT molecular complexity index is 1430. The van der Waals surface area contributed by atoms with Gasteiger partial charge in [-0.15, -0.1) is 0 Å². The molecule has 224 valence electrons. The van der Waals surface area contributed by atoms with E-state index in [9.17, 15) is 27.6 Å². The zero-order valence-corrected chi connectivity index (χ0v) is 23.9. The predicted octanol–water partition coefficient (Wildman–Crippen LogP) is 6.79. The number of nitrogens with one attached hydrogen (secondary N) is 3. The van der Waals surface area contributed by atoms with E-state index in [1.807, 2.05) is 0 Å². The van der Waals surface area contributed by atoms with Gasteiger partial charge in [-0.3, -0.25) is 9.78 Å². The number of nitrogens with zero attached hydrogens (tertiary/aromatic N) is 2. The zero-order valence-electron chi connectivity index (χ0n) is 23.1. The molecule has 1 heterocycles. The molecule has 0 aliphatic carbocycles. The first-order chi connectivity index (χ1) is 19.6. The topological polar surface area (TPSA) is 122 Å². The Morgan fingerprint density at radius 1 is 0.929 bits per heavy atom. The summed E-state index contributed by atoms with van der Waals surface area (Å²) in [4.78, 5) is 42.2. The van der Waals surface area contributed by atoms with E-state index >= 15 is 0 Å². The van der Waals surface area contributed by atoms with Gasteiger partial charge in [0, 0.05) is 43.8 Å². The number of anilines is 2. The minimum atomic E-state index is -4.67. The number of likely N-dealkylation sites (N-methyl/N-ethyl adjacent to an activating group) is 1. The molecule has 3 N–H and O–H groups in total. The molecule has 10 nitrogen and oxygen atoms in total. The number of carbonyl (C=O) groups is 3. The highest BCUT2D eigenvalue weighted by Crippen LogP contribution is 2.36. The highest BCUT2D eigenvalue weighted by atomic mass is 35.5. The average Bonchev–Trinajstić information content (AvgIpc) is 2.89. The van der Waals surface area contributed by atoms with Crippen molar-refractivity contribution in [2.75, 3.05) is 30.8 Å². The number of hydrogen-bond donors (Lipinski definition) is 3. The number of ether oxygens (including phenoxy) is 2. The third-order valence-corrected chi connectivity index (χ3v) is 5.61. The third-order valence-electron chi connectivity index (χ3n) is 5.28. The average molecular weight is 608 g/mol. The van der Waals surface area contributed by atoms with Crippen molar-refractivity contribution in [1.29, 1.82) is 0 Å². The Balaban J connectivity index is 1.52. The van der Waals surface area contributed by atoms with Crippen LogP contribution in [0.2, 0.25) is 5.02 Å². The lowest BCUT2D eigenvalue weighted by molar-refractivity contribution is -0.137. The number of alkyl halides is 3. The van der Waals surface area contributed by atoms with Crippen LogP contribution in [0, 0.1) is 0 Å². The molecule has 0 saturated heterocycles. The van der Waals surface area contributed by atoms with Gasteiger partial charge in [-0.25, -0.2) is 9.59 Å². The lowest BCUT2D eigenvalue weighted by Crippen LogP contribution is -2.39. The molecule has 4 amide bonds. The Labute approximate surface area is 245 Å². The Kier molecular flexibility index (Phi) is 10.2. The Hall–Kier alpha value is -4.52. The molecule has 1 aromatic heterocycles. The normalized spacial score (nSPS) is 11.3. The molecule has 0 atom stereocenters. The molecule has 3 rings (SSSR count). The van der Waals surface area contributed by atoms with Crippen LogP contribution >= 0.6 is 11.6 Å². The maximum Gasteiger partial charge on any atom is 0.417 e. The van der Waals surface area contributed by atoms with Crippen molar-refractivity contribution in [1.82, 2.24) is 15.2 Å². The third kappa shape index (κ3) is 9.84. The maximum absolute atomic E-state index is 13.0. The number of hydrogen-bond acceptors (Lipinski definition) is 6. The molecule has 0 saturated carbocycles. The van der Waals surface area contributed by atoms with Crippen LogP contribution in [0.5, 0.6) is 11.5 Å². The smallest absolute Gasteiger partial charge is 0.417 e. The maximum atomic E-state index is 13.0. The van der Waals surface area contributed by atoms with E-state index in [0.717, 1.165) is 12.1 Å². The zero-order chi connectivity index (χ0) is 31.1. The standard InChI is InChI=1S/C28H29ClF3N5O5/c1-27(2,3)42-26(40)37(4)14-13-34-24(38)23-16-20(11-12-33-23)41-19-8-5-17(6-9-19)35-25(39)36-18-7-10-22(29)21(15-18)28(30,31)32/h5-12,15-16H,13-14H2,1-4H3,(H,34,38)(H2,35,36,39). The number of halogens is 4. The van der Waals surface area contributed by atoms with Crippen LogP contribution in [0.1, 0.15) is 36.8 Å². The number of urea groups is 1. The fourth-order valence-electron chi connectivity index (χ4n) is 3.31. The highest BCUT2D eigenvalue weighted by Gasteiger charge is 2.33. The quantitative estimate of drug-likeness (QED) is 0.259. The number of amides is 4. The molecule has 0 aliphatic rings. The van der Waals surface area contributed by atoms with Crippen molar-refractivity contribution in [2.24, 2.45) is 0 Å². The molecule has 2 aromatic carbocycles. The summed E-state index contributed by atoms with van der Waals surface area (Å²) in [6.07, 6.45) is -3.77. The SMILES string of the molecule is CN(CCNC(=O)c1cc(Oc2ccc(NC(=O)Nc3ccc(Cl)c(C(F)(F)F)c3)cc2)ccn1)C(=O)OC(C)(C)C. The van der Waals surface area contributed by atoms with E-state index in [1.54, 1.807) is 46.0 Å². The van der Waals surface area contributed by atoms with Crippen LogP contribution in [0.4, 0.5) is 34.1 Å². The number of rotatable bonds is 8. The first kappa shape index (κ1) is 32.0. The van der Waals surface area contributed by atoms with Gasteiger partial charge in [0.15, 0.2) is 0 Å². The number of benzene rings is 2. The van der Waals surface area contributed by atoms with E-state index in [-0.39, 0.29) is 24.5 Å². The summed E-state index contributed by atoms with van der Waals surface area (Å²) in [5.41, 5.74) is -1.34.